The second-order valence-electron chi connectivity index (χ2n) is 6.73. The van der Waals surface area contributed by atoms with E-state index in [1.165, 1.54) is 5.56 Å². The maximum absolute atomic E-state index is 12.6. The van der Waals surface area contributed by atoms with Crippen LogP contribution in [0.5, 0.6) is 0 Å². The van der Waals surface area contributed by atoms with Crippen molar-refractivity contribution >= 4 is 27.3 Å². The van der Waals surface area contributed by atoms with E-state index in [-0.39, 0.29) is 10.1 Å². The summed E-state index contributed by atoms with van der Waals surface area (Å²) in [5.74, 6) is 0.419. The lowest BCUT2D eigenvalue weighted by Crippen LogP contribution is -2.49. The number of rotatable bonds is 6. The lowest BCUT2D eigenvalue weighted by molar-refractivity contribution is -0.133. The van der Waals surface area contributed by atoms with Crippen LogP contribution in [-0.2, 0) is 21.2 Å². The number of benzene rings is 1. The molecule has 5 nitrogen and oxygen atoms in total. The van der Waals surface area contributed by atoms with Crippen LogP contribution >= 0.6 is 11.3 Å². The van der Waals surface area contributed by atoms with E-state index in [0.29, 0.717) is 19.0 Å². The quantitative estimate of drug-likeness (QED) is 0.822. The maximum Gasteiger partial charge on any atom is 0.250 e. The summed E-state index contributed by atoms with van der Waals surface area (Å²) in [6, 6.07) is 12.9. The van der Waals surface area contributed by atoms with Gasteiger partial charge < -0.3 is 4.90 Å². The predicted molar refractivity (Wildman–Crippen MR) is 104 cm³/mol. The van der Waals surface area contributed by atoms with Crippen LogP contribution in [0, 0.1) is 5.92 Å². The number of nitrogens with zero attached hydrogens (tertiary/aromatic N) is 1. The molecule has 7 heteroatoms. The number of amides is 1. The number of sulfonamides is 1. The Balaban J connectivity index is 1.51. The average Bonchev–Trinajstić information content (AvgIpc) is 3.18. The molecule has 1 aromatic carbocycles. The van der Waals surface area contributed by atoms with E-state index in [4.69, 9.17) is 0 Å². The zero-order valence-electron chi connectivity index (χ0n) is 14.8. The summed E-state index contributed by atoms with van der Waals surface area (Å²) in [5.41, 5.74) is 1.33. The molecule has 2 aromatic rings. The number of likely N-dealkylation sites (tertiary alicyclic amines) is 1. The first kappa shape index (κ1) is 19.1. The van der Waals surface area contributed by atoms with Crippen molar-refractivity contribution in [1.29, 1.82) is 0 Å². The molecule has 1 saturated heterocycles. The molecule has 3 rings (SSSR count). The van der Waals surface area contributed by atoms with Crippen LogP contribution < -0.4 is 4.72 Å². The van der Waals surface area contributed by atoms with E-state index in [2.05, 4.69) is 29.0 Å². The summed E-state index contributed by atoms with van der Waals surface area (Å²) in [4.78, 5) is 14.4. The minimum Gasteiger partial charge on any atom is -0.341 e. The Kier molecular flexibility index (Phi) is 6.11. The van der Waals surface area contributed by atoms with Crippen LogP contribution in [0.25, 0.3) is 0 Å². The van der Waals surface area contributed by atoms with E-state index in [1.807, 2.05) is 6.07 Å². The first-order valence-electron chi connectivity index (χ1n) is 8.84. The molecule has 0 unspecified atom stereocenters. The molecular weight excluding hydrogens is 368 g/mol. The van der Waals surface area contributed by atoms with Crippen molar-refractivity contribution in [2.75, 3.05) is 13.1 Å². The monoisotopic (exact) mass is 392 g/mol. The van der Waals surface area contributed by atoms with Gasteiger partial charge in [0.25, 0.3) is 10.0 Å². The third kappa shape index (κ3) is 4.72. The molecule has 2 heterocycles. The molecule has 0 spiro atoms. The van der Waals surface area contributed by atoms with Gasteiger partial charge in [-0.3, -0.25) is 4.79 Å². The van der Waals surface area contributed by atoms with Gasteiger partial charge in [-0.2, -0.15) is 4.72 Å². The van der Waals surface area contributed by atoms with Gasteiger partial charge in [-0.15, -0.1) is 11.3 Å². The standard InChI is InChI=1S/C19H24N2O3S2/c1-15(20-26(23,24)18-8-5-13-25-18)19(22)21-11-9-17(10-12-21)14-16-6-3-2-4-7-16/h2-8,13,15,17,20H,9-12,14H2,1H3/t15-/m0/s1. The number of piperidine rings is 1. The summed E-state index contributed by atoms with van der Waals surface area (Å²) in [5, 5.41) is 1.71. The normalized spacial score (nSPS) is 17.2. The molecule has 1 amide bonds. The molecule has 1 aromatic heterocycles. The Morgan fingerprint density at radius 2 is 1.88 bits per heavy atom. The third-order valence-corrected chi connectivity index (χ3v) is 7.69. The number of hydrogen-bond donors (Lipinski definition) is 1. The van der Waals surface area contributed by atoms with Gasteiger partial charge in [0.1, 0.15) is 4.21 Å². The Morgan fingerprint density at radius 3 is 2.50 bits per heavy atom. The smallest absolute Gasteiger partial charge is 0.250 e. The molecule has 1 atom stereocenters. The fourth-order valence-corrected chi connectivity index (χ4v) is 5.54. The van der Waals surface area contributed by atoms with Crippen LogP contribution in [0.3, 0.4) is 0 Å². The summed E-state index contributed by atoms with van der Waals surface area (Å²) in [6.07, 6.45) is 2.93. The largest absolute Gasteiger partial charge is 0.341 e. The lowest BCUT2D eigenvalue weighted by atomic mass is 9.90. The van der Waals surface area contributed by atoms with Crippen molar-refractivity contribution in [2.24, 2.45) is 5.92 Å². The summed E-state index contributed by atoms with van der Waals surface area (Å²) < 4.78 is 27.3. The molecule has 0 saturated carbocycles. The van der Waals surface area contributed by atoms with Crippen LogP contribution in [0.15, 0.2) is 52.1 Å². The summed E-state index contributed by atoms with van der Waals surface area (Å²) in [7, 11) is -3.63. The number of nitrogens with one attached hydrogen (secondary N) is 1. The van der Waals surface area contributed by atoms with Gasteiger partial charge in [0.05, 0.1) is 6.04 Å². The van der Waals surface area contributed by atoms with Gasteiger partial charge in [-0.05, 0) is 49.1 Å². The fraction of sp³-hybridized carbons (Fsp3) is 0.421. The highest BCUT2D eigenvalue weighted by atomic mass is 32.2. The van der Waals surface area contributed by atoms with Gasteiger partial charge in [-0.25, -0.2) is 8.42 Å². The molecular formula is C19H24N2O3S2. The zero-order valence-corrected chi connectivity index (χ0v) is 16.4. The van der Waals surface area contributed by atoms with Crippen molar-refractivity contribution in [3.63, 3.8) is 0 Å². The van der Waals surface area contributed by atoms with Crippen LogP contribution in [0.2, 0.25) is 0 Å². The Bertz CT molecular complexity index is 812. The molecule has 140 valence electrons. The fourth-order valence-electron chi connectivity index (χ4n) is 3.34. The van der Waals surface area contributed by atoms with Gasteiger partial charge in [-0.1, -0.05) is 36.4 Å². The van der Waals surface area contributed by atoms with Crippen LogP contribution in [-0.4, -0.2) is 38.4 Å². The number of thiophene rings is 1. The molecule has 26 heavy (non-hydrogen) atoms. The Morgan fingerprint density at radius 1 is 1.19 bits per heavy atom. The molecule has 1 aliphatic heterocycles. The van der Waals surface area contributed by atoms with Crippen LogP contribution in [0.1, 0.15) is 25.3 Å². The maximum atomic E-state index is 12.6. The summed E-state index contributed by atoms with van der Waals surface area (Å²) >= 11 is 1.14. The SMILES string of the molecule is C[C@H](NS(=O)(=O)c1cccs1)C(=O)N1CCC(Cc2ccccc2)CC1. The number of carbonyl (C=O) groups is 1. The number of carbonyl (C=O) groups excluding carboxylic acids is 1. The van der Waals surface area contributed by atoms with E-state index < -0.39 is 16.1 Å². The van der Waals surface area contributed by atoms with E-state index in [9.17, 15) is 13.2 Å². The van der Waals surface area contributed by atoms with Crippen molar-refractivity contribution in [3.05, 3.63) is 53.4 Å². The number of hydrogen-bond acceptors (Lipinski definition) is 4. The molecule has 0 aliphatic carbocycles. The average molecular weight is 393 g/mol. The van der Waals surface area contributed by atoms with Crippen molar-refractivity contribution < 1.29 is 13.2 Å². The highest BCUT2D eigenvalue weighted by Crippen LogP contribution is 2.22. The molecule has 1 N–H and O–H groups in total. The minimum atomic E-state index is -3.63. The van der Waals surface area contributed by atoms with Gasteiger partial charge in [0.2, 0.25) is 5.91 Å². The molecule has 0 radical (unpaired) electrons. The molecule has 1 fully saturated rings. The Labute approximate surface area is 159 Å². The van der Waals surface area contributed by atoms with Crippen molar-refractivity contribution in [1.82, 2.24) is 9.62 Å². The van der Waals surface area contributed by atoms with Crippen LogP contribution in [0.4, 0.5) is 0 Å². The minimum absolute atomic E-state index is 0.150. The van der Waals surface area contributed by atoms with Gasteiger partial charge in [0, 0.05) is 13.1 Å². The molecule has 0 bridgehead atoms. The first-order chi connectivity index (χ1) is 12.5. The summed E-state index contributed by atoms with van der Waals surface area (Å²) in [6.45, 7) is 2.98. The van der Waals surface area contributed by atoms with Gasteiger partial charge >= 0.3 is 0 Å². The van der Waals surface area contributed by atoms with Crippen molar-refractivity contribution in [2.45, 2.75) is 36.4 Å². The van der Waals surface area contributed by atoms with E-state index in [1.54, 1.807) is 29.3 Å². The van der Waals surface area contributed by atoms with E-state index in [0.717, 1.165) is 30.6 Å². The molecule has 1 aliphatic rings. The second-order valence-corrected chi connectivity index (χ2v) is 9.62. The topological polar surface area (TPSA) is 66.5 Å². The lowest BCUT2D eigenvalue weighted by Gasteiger charge is -2.33. The zero-order chi connectivity index (χ0) is 18.6. The van der Waals surface area contributed by atoms with Crippen molar-refractivity contribution in [3.8, 4) is 0 Å². The third-order valence-electron chi connectivity index (χ3n) is 4.76. The van der Waals surface area contributed by atoms with E-state index >= 15 is 0 Å². The predicted octanol–water partition coefficient (Wildman–Crippen LogP) is 2.90. The first-order valence-corrected chi connectivity index (χ1v) is 11.2. The Hall–Kier alpha value is -1.70. The van der Waals surface area contributed by atoms with Gasteiger partial charge in [0.15, 0.2) is 0 Å². The highest BCUT2D eigenvalue weighted by molar-refractivity contribution is 7.91. The highest BCUT2D eigenvalue weighted by Gasteiger charge is 2.29. The second kappa shape index (κ2) is 8.33.